The number of hydrogen-bond acceptors (Lipinski definition) is 8. The standard InChI is InChI=1S/C32H38FN7O2S/c1-5-40(18-17-39(3)4)28(35-22(2)23-11-7-6-8-12-23)21-26(34)30(41)36-27-14-10-9-13-25(27)31-37-38-32(43-31)29(33)24-15-19-42-20-16-24/h6-14,21H,2,5,15-20,34H2,1,3-4H3,(H,36,41)/b26-21-,35-28+. The van der Waals surface area contributed by atoms with Crippen LogP contribution in [0.25, 0.3) is 22.1 Å². The zero-order valence-corrected chi connectivity index (χ0v) is 25.7. The van der Waals surface area contributed by atoms with E-state index in [-0.39, 0.29) is 16.5 Å². The number of carbonyl (C=O) groups is 1. The fourth-order valence-electron chi connectivity index (χ4n) is 4.37. The Bertz CT molecular complexity index is 1510. The van der Waals surface area contributed by atoms with Crippen molar-refractivity contribution in [2.24, 2.45) is 10.7 Å². The molecule has 0 aliphatic carbocycles. The summed E-state index contributed by atoms with van der Waals surface area (Å²) in [6.07, 6.45) is 2.64. The summed E-state index contributed by atoms with van der Waals surface area (Å²) < 4.78 is 20.4. The normalized spacial score (nSPS) is 14.1. The number of ether oxygens (including phenoxy) is 1. The molecule has 9 nitrogen and oxygen atoms in total. The minimum atomic E-state index is -0.505. The fraction of sp³-hybridized carbons (Fsp3) is 0.312. The lowest BCUT2D eigenvalue weighted by Crippen LogP contribution is -2.36. The Morgan fingerprint density at radius 2 is 1.81 bits per heavy atom. The molecule has 0 spiro atoms. The number of rotatable bonds is 11. The molecule has 0 atom stereocenters. The van der Waals surface area contributed by atoms with Gasteiger partial charge in [0, 0.05) is 31.3 Å². The maximum absolute atomic E-state index is 15.1. The topological polar surface area (TPSA) is 109 Å². The quantitative estimate of drug-likeness (QED) is 0.171. The molecule has 0 radical (unpaired) electrons. The molecule has 1 aliphatic rings. The number of amides is 1. The van der Waals surface area contributed by atoms with Gasteiger partial charge in [0.05, 0.1) is 24.6 Å². The minimum absolute atomic E-state index is 0.0223. The molecule has 1 aliphatic heterocycles. The number of amidine groups is 1. The van der Waals surface area contributed by atoms with Crippen LogP contribution < -0.4 is 11.1 Å². The Kier molecular flexibility index (Phi) is 11.3. The van der Waals surface area contributed by atoms with Gasteiger partial charge < -0.3 is 25.6 Å². The summed E-state index contributed by atoms with van der Waals surface area (Å²) in [5, 5.41) is 11.9. The van der Waals surface area contributed by atoms with Gasteiger partial charge in [-0.1, -0.05) is 60.4 Å². The molecule has 0 bridgehead atoms. The molecule has 1 fully saturated rings. The number of aliphatic imine (C=N–C) groups is 1. The second-order valence-corrected chi connectivity index (χ2v) is 11.2. The van der Waals surface area contributed by atoms with Gasteiger partial charge in [0.1, 0.15) is 16.5 Å². The van der Waals surface area contributed by atoms with Crippen LogP contribution in [0.1, 0.15) is 30.3 Å². The maximum atomic E-state index is 15.1. The number of likely N-dealkylation sites (N-methyl/N-ethyl adjacent to an activating group) is 2. The van der Waals surface area contributed by atoms with Crippen LogP contribution in [0.4, 0.5) is 10.1 Å². The predicted octanol–water partition coefficient (Wildman–Crippen LogP) is 5.43. The lowest BCUT2D eigenvalue weighted by Gasteiger charge is -2.25. The zero-order valence-electron chi connectivity index (χ0n) is 24.8. The highest BCUT2D eigenvalue weighted by molar-refractivity contribution is 7.15. The summed E-state index contributed by atoms with van der Waals surface area (Å²) in [4.78, 5) is 22.3. The molecule has 11 heteroatoms. The number of anilines is 1. The molecular weight excluding hydrogens is 565 g/mol. The molecule has 3 N–H and O–H groups in total. The van der Waals surface area contributed by atoms with Crippen molar-refractivity contribution in [1.29, 1.82) is 0 Å². The molecule has 4 rings (SSSR count). The number of aromatic nitrogens is 2. The van der Waals surface area contributed by atoms with E-state index < -0.39 is 5.91 Å². The summed E-state index contributed by atoms with van der Waals surface area (Å²) >= 11 is 1.13. The summed E-state index contributed by atoms with van der Waals surface area (Å²) in [6.45, 7) is 9.28. The third-order valence-electron chi connectivity index (χ3n) is 6.85. The highest BCUT2D eigenvalue weighted by atomic mass is 32.1. The number of nitrogens with two attached hydrogens (primary N) is 1. The van der Waals surface area contributed by atoms with Crippen molar-refractivity contribution in [2.75, 3.05) is 52.3 Å². The maximum Gasteiger partial charge on any atom is 0.271 e. The van der Waals surface area contributed by atoms with Gasteiger partial charge in [-0.05, 0) is 57.1 Å². The van der Waals surface area contributed by atoms with Crippen LogP contribution in [0.5, 0.6) is 0 Å². The van der Waals surface area contributed by atoms with Crippen LogP contribution in [0.2, 0.25) is 0 Å². The van der Waals surface area contributed by atoms with E-state index in [1.807, 2.05) is 62.3 Å². The fourth-order valence-corrected chi connectivity index (χ4v) is 5.24. The van der Waals surface area contributed by atoms with Gasteiger partial charge in [0.25, 0.3) is 5.91 Å². The number of carbonyl (C=O) groups excluding carboxylic acids is 1. The Morgan fingerprint density at radius 3 is 2.51 bits per heavy atom. The van der Waals surface area contributed by atoms with Gasteiger partial charge in [-0.2, -0.15) is 0 Å². The van der Waals surface area contributed by atoms with Crippen LogP contribution >= 0.6 is 11.3 Å². The van der Waals surface area contributed by atoms with Crippen LogP contribution in [0, 0.1) is 0 Å². The summed E-state index contributed by atoms with van der Waals surface area (Å²) in [5.41, 5.74) is 9.55. The Morgan fingerprint density at radius 1 is 1.12 bits per heavy atom. The van der Waals surface area contributed by atoms with E-state index in [0.717, 1.165) is 23.4 Å². The van der Waals surface area contributed by atoms with Crippen molar-refractivity contribution < 1.29 is 13.9 Å². The van der Waals surface area contributed by atoms with Gasteiger partial charge in [0.2, 0.25) is 0 Å². The van der Waals surface area contributed by atoms with Crippen molar-refractivity contribution in [3.05, 3.63) is 89.1 Å². The molecule has 2 aromatic carbocycles. The minimum Gasteiger partial charge on any atom is -0.394 e. The van der Waals surface area contributed by atoms with Crippen molar-refractivity contribution in [3.63, 3.8) is 0 Å². The van der Waals surface area contributed by atoms with Crippen LogP contribution in [-0.2, 0) is 9.53 Å². The highest BCUT2D eigenvalue weighted by Gasteiger charge is 2.20. The monoisotopic (exact) mass is 603 g/mol. The first-order chi connectivity index (χ1) is 20.8. The molecule has 0 saturated carbocycles. The number of hydrogen-bond donors (Lipinski definition) is 2. The van der Waals surface area contributed by atoms with Gasteiger partial charge in [0.15, 0.2) is 10.8 Å². The van der Waals surface area contributed by atoms with Crippen LogP contribution in [-0.4, -0.2) is 78.7 Å². The summed E-state index contributed by atoms with van der Waals surface area (Å²) in [7, 11) is 4.00. The Balaban J connectivity index is 1.59. The van der Waals surface area contributed by atoms with E-state index in [1.54, 1.807) is 24.3 Å². The largest absolute Gasteiger partial charge is 0.394 e. The van der Waals surface area contributed by atoms with Crippen LogP contribution in [0.3, 0.4) is 0 Å². The number of nitrogens with one attached hydrogen (secondary N) is 1. The van der Waals surface area contributed by atoms with Crippen molar-refractivity contribution in [2.45, 2.75) is 19.8 Å². The number of nitrogens with zero attached hydrogens (tertiary/aromatic N) is 5. The third-order valence-corrected chi connectivity index (χ3v) is 7.80. The molecule has 0 unspecified atom stereocenters. The number of para-hydroxylation sites is 1. The first-order valence-corrected chi connectivity index (χ1v) is 15.0. The van der Waals surface area contributed by atoms with Crippen molar-refractivity contribution >= 4 is 40.3 Å². The molecule has 43 heavy (non-hydrogen) atoms. The van der Waals surface area contributed by atoms with Gasteiger partial charge >= 0.3 is 0 Å². The number of benzene rings is 2. The van der Waals surface area contributed by atoms with E-state index in [0.29, 0.717) is 72.5 Å². The zero-order chi connectivity index (χ0) is 30.8. The second kappa shape index (κ2) is 15.3. The van der Waals surface area contributed by atoms with Gasteiger partial charge in [-0.3, -0.25) is 4.79 Å². The molecule has 1 amide bonds. The van der Waals surface area contributed by atoms with Crippen LogP contribution in [0.15, 0.2) is 83.5 Å². The van der Waals surface area contributed by atoms with Gasteiger partial charge in [-0.25, -0.2) is 9.38 Å². The van der Waals surface area contributed by atoms with Crippen molar-refractivity contribution in [3.8, 4) is 10.6 Å². The summed E-state index contributed by atoms with van der Waals surface area (Å²) in [6, 6.07) is 16.8. The van der Waals surface area contributed by atoms with E-state index >= 15 is 4.39 Å². The lowest BCUT2D eigenvalue weighted by molar-refractivity contribution is -0.112. The van der Waals surface area contributed by atoms with E-state index in [2.05, 4.69) is 27.0 Å². The smallest absolute Gasteiger partial charge is 0.271 e. The van der Waals surface area contributed by atoms with E-state index in [1.165, 1.54) is 0 Å². The molecule has 1 saturated heterocycles. The first-order valence-electron chi connectivity index (χ1n) is 14.2. The average molecular weight is 604 g/mol. The van der Waals surface area contributed by atoms with E-state index in [9.17, 15) is 4.79 Å². The first kappa shape index (κ1) is 31.7. The molecule has 226 valence electrons. The van der Waals surface area contributed by atoms with Crippen molar-refractivity contribution in [1.82, 2.24) is 20.0 Å². The molecule has 2 heterocycles. The lowest BCUT2D eigenvalue weighted by atomic mass is 10.1. The second-order valence-electron chi connectivity index (χ2n) is 10.2. The summed E-state index contributed by atoms with van der Waals surface area (Å²) in [5.74, 6) is -0.321. The van der Waals surface area contributed by atoms with Gasteiger partial charge in [-0.15, -0.1) is 10.2 Å². The average Bonchev–Trinajstić information content (AvgIpc) is 3.52. The molecule has 3 aromatic rings. The highest BCUT2D eigenvalue weighted by Crippen LogP contribution is 2.35. The number of halogens is 1. The molecular formula is C32H38FN7O2S. The Labute approximate surface area is 256 Å². The SMILES string of the molecule is C=C(/N=C(\C=C(/N)C(=O)Nc1ccccc1-c1nnc(C(F)=C2CCOCC2)s1)N(CC)CCN(C)C)c1ccccc1. The third kappa shape index (κ3) is 8.66. The van der Waals surface area contributed by atoms with E-state index in [4.69, 9.17) is 15.5 Å². The molecule has 1 aromatic heterocycles. The Hall–Kier alpha value is -4.19. The predicted molar refractivity (Wildman–Crippen MR) is 173 cm³/mol.